The van der Waals surface area contributed by atoms with Gasteiger partial charge in [-0.3, -0.25) is 9.59 Å². The monoisotopic (exact) mass is 531 g/mol. The van der Waals surface area contributed by atoms with Crippen LogP contribution in [0.3, 0.4) is 0 Å². The topological polar surface area (TPSA) is 119 Å². The van der Waals surface area contributed by atoms with Crippen LogP contribution in [0.15, 0.2) is 69.9 Å². The van der Waals surface area contributed by atoms with E-state index in [4.69, 9.17) is 18.6 Å². The average molecular weight is 532 g/mol. The maximum absolute atomic E-state index is 13.5. The Bertz CT molecular complexity index is 1560. The molecule has 0 radical (unpaired) electrons. The number of carbonyl (C=O) groups excluding carboxylic acids is 1. The van der Waals surface area contributed by atoms with Crippen LogP contribution in [0.25, 0.3) is 22.3 Å². The van der Waals surface area contributed by atoms with E-state index < -0.39 is 17.1 Å². The molecule has 1 amide bonds. The van der Waals surface area contributed by atoms with E-state index in [1.54, 1.807) is 35.2 Å². The lowest BCUT2D eigenvalue weighted by molar-refractivity contribution is -0.135. The predicted molar refractivity (Wildman–Crippen MR) is 145 cm³/mol. The van der Waals surface area contributed by atoms with Gasteiger partial charge in [-0.2, -0.15) is 0 Å². The number of amides is 1. The van der Waals surface area contributed by atoms with Gasteiger partial charge in [0.05, 0.1) is 27.4 Å². The fourth-order valence-electron chi connectivity index (χ4n) is 4.98. The van der Waals surface area contributed by atoms with E-state index in [0.717, 1.165) is 6.07 Å². The standard InChI is InChI=1S/C30H29NO8/c1-36-24-9-8-19(14-26(24)37-2)20(15-27(35)31-10-12-38-13-11-31)28-21(32)16-22(33)29-23(34)17-25(39-30(28)29)18-6-4-3-5-7-18/h3-9,14,16-17,20,32-33H,10-13,15H2,1-2H3/t20-/m1/s1. The lowest BCUT2D eigenvalue weighted by Gasteiger charge is -2.29. The third-order valence-corrected chi connectivity index (χ3v) is 6.96. The summed E-state index contributed by atoms with van der Waals surface area (Å²) in [5, 5.41) is 21.8. The summed E-state index contributed by atoms with van der Waals surface area (Å²) in [6.07, 6.45) is -0.0395. The summed E-state index contributed by atoms with van der Waals surface area (Å²) in [6.45, 7) is 1.78. The molecule has 2 N–H and O–H groups in total. The van der Waals surface area contributed by atoms with Crippen LogP contribution in [0, 0.1) is 0 Å². The van der Waals surface area contributed by atoms with Crippen molar-refractivity contribution in [3.63, 3.8) is 0 Å². The average Bonchev–Trinajstić information content (AvgIpc) is 2.96. The Hall–Kier alpha value is -4.50. The zero-order valence-electron chi connectivity index (χ0n) is 21.7. The van der Waals surface area contributed by atoms with Crippen molar-refractivity contribution in [1.29, 1.82) is 0 Å². The first-order chi connectivity index (χ1) is 18.9. The van der Waals surface area contributed by atoms with Crippen LogP contribution in [0.2, 0.25) is 0 Å². The number of phenolic OH excluding ortho intramolecular Hbond substituents is 2. The molecule has 1 aromatic heterocycles. The van der Waals surface area contributed by atoms with Gasteiger partial charge in [-0.05, 0) is 17.7 Å². The molecule has 39 heavy (non-hydrogen) atoms. The highest BCUT2D eigenvalue weighted by Crippen LogP contribution is 2.44. The number of carbonyl (C=O) groups is 1. The summed E-state index contributed by atoms with van der Waals surface area (Å²) in [6, 6.07) is 16.7. The molecule has 0 spiro atoms. The largest absolute Gasteiger partial charge is 0.507 e. The number of benzene rings is 3. The molecule has 202 valence electrons. The van der Waals surface area contributed by atoms with E-state index in [1.807, 2.05) is 18.2 Å². The molecule has 3 aromatic carbocycles. The number of rotatable bonds is 7. The van der Waals surface area contributed by atoms with Crippen LogP contribution < -0.4 is 14.9 Å². The molecule has 1 aliphatic heterocycles. The first kappa shape index (κ1) is 26.1. The molecule has 1 aliphatic rings. The van der Waals surface area contributed by atoms with Gasteiger partial charge in [-0.1, -0.05) is 36.4 Å². The van der Waals surface area contributed by atoms with Crippen LogP contribution in [-0.4, -0.2) is 61.5 Å². The molecule has 0 saturated carbocycles. The van der Waals surface area contributed by atoms with E-state index in [-0.39, 0.29) is 40.4 Å². The van der Waals surface area contributed by atoms with E-state index in [0.29, 0.717) is 48.9 Å². The molecule has 4 aromatic rings. The molecular weight excluding hydrogens is 502 g/mol. The highest BCUT2D eigenvalue weighted by Gasteiger charge is 2.30. The number of nitrogens with zero attached hydrogens (tertiary/aromatic N) is 1. The normalized spacial score (nSPS) is 14.3. The molecule has 2 heterocycles. The van der Waals surface area contributed by atoms with Gasteiger partial charge in [0.1, 0.15) is 28.2 Å². The van der Waals surface area contributed by atoms with E-state index in [1.165, 1.54) is 20.3 Å². The molecule has 1 fully saturated rings. The smallest absolute Gasteiger partial charge is 0.223 e. The van der Waals surface area contributed by atoms with Crippen molar-refractivity contribution in [3.05, 3.63) is 82.0 Å². The molecule has 1 atom stereocenters. The molecule has 9 nitrogen and oxygen atoms in total. The second-order valence-electron chi connectivity index (χ2n) is 9.24. The van der Waals surface area contributed by atoms with E-state index in [9.17, 15) is 19.8 Å². The Kier molecular flexibility index (Phi) is 7.42. The number of aromatic hydroxyl groups is 2. The maximum atomic E-state index is 13.5. The quantitative estimate of drug-likeness (QED) is 0.363. The molecular formula is C30H29NO8. The number of hydrogen-bond acceptors (Lipinski definition) is 8. The summed E-state index contributed by atoms with van der Waals surface area (Å²) in [4.78, 5) is 28.4. The van der Waals surface area contributed by atoms with Crippen molar-refractivity contribution in [2.75, 3.05) is 40.5 Å². The number of ether oxygens (including phenoxy) is 3. The Labute approximate surface area is 224 Å². The van der Waals surface area contributed by atoms with Gasteiger partial charge in [0.25, 0.3) is 0 Å². The van der Waals surface area contributed by atoms with Crippen molar-refractivity contribution in [2.45, 2.75) is 12.3 Å². The summed E-state index contributed by atoms with van der Waals surface area (Å²) in [5.41, 5.74) is 1.03. The minimum atomic E-state index is -0.752. The Morgan fingerprint density at radius 2 is 1.67 bits per heavy atom. The Balaban J connectivity index is 1.74. The van der Waals surface area contributed by atoms with Gasteiger partial charge < -0.3 is 33.7 Å². The van der Waals surface area contributed by atoms with Crippen LogP contribution in [0.4, 0.5) is 0 Å². The highest BCUT2D eigenvalue weighted by atomic mass is 16.5. The zero-order valence-corrected chi connectivity index (χ0v) is 21.7. The lowest BCUT2D eigenvalue weighted by Crippen LogP contribution is -2.41. The van der Waals surface area contributed by atoms with E-state index >= 15 is 0 Å². The first-order valence-corrected chi connectivity index (χ1v) is 12.6. The van der Waals surface area contributed by atoms with Gasteiger partial charge in [-0.15, -0.1) is 0 Å². The van der Waals surface area contributed by atoms with E-state index in [2.05, 4.69) is 0 Å². The second-order valence-corrected chi connectivity index (χ2v) is 9.24. The van der Waals surface area contributed by atoms with Gasteiger partial charge in [-0.25, -0.2) is 0 Å². The lowest BCUT2D eigenvalue weighted by atomic mass is 9.85. The Morgan fingerprint density at radius 1 is 0.949 bits per heavy atom. The van der Waals surface area contributed by atoms with Gasteiger partial charge in [0, 0.05) is 48.7 Å². The number of phenols is 2. The molecule has 0 bridgehead atoms. The fraction of sp³-hybridized carbons (Fsp3) is 0.267. The predicted octanol–water partition coefficient (Wildman–Crippen LogP) is 4.27. The third-order valence-electron chi connectivity index (χ3n) is 6.96. The molecule has 9 heteroatoms. The van der Waals surface area contributed by atoms with Crippen LogP contribution in [-0.2, 0) is 9.53 Å². The van der Waals surface area contributed by atoms with Gasteiger partial charge >= 0.3 is 0 Å². The van der Waals surface area contributed by atoms with Gasteiger partial charge in [0.15, 0.2) is 16.9 Å². The number of methoxy groups -OCH3 is 2. The summed E-state index contributed by atoms with van der Waals surface area (Å²) in [5.74, 6) is -0.416. The first-order valence-electron chi connectivity index (χ1n) is 12.6. The van der Waals surface area contributed by atoms with Crippen LogP contribution in [0.5, 0.6) is 23.0 Å². The highest BCUT2D eigenvalue weighted by molar-refractivity contribution is 5.91. The zero-order chi connectivity index (χ0) is 27.5. The number of morpholine rings is 1. The van der Waals surface area contributed by atoms with Gasteiger partial charge in [0.2, 0.25) is 5.91 Å². The maximum Gasteiger partial charge on any atom is 0.223 e. The SMILES string of the molecule is COc1ccc([C@@H](CC(=O)N2CCOCC2)c2c(O)cc(O)c3c(=O)cc(-c4ccccc4)oc23)cc1OC. The van der Waals surface area contributed by atoms with Crippen LogP contribution in [0.1, 0.15) is 23.5 Å². The van der Waals surface area contributed by atoms with Crippen molar-refractivity contribution >= 4 is 16.9 Å². The van der Waals surface area contributed by atoms with Crippen molar-refractivity contribution < 1.29 is 33.6 Å². The molecule has 1 saturated heterocycles. The second kappa shape index (κ2) is 11.1. The molecule has 0 aliphatic carbocycles. The molecule has 0 unspecified atom stereocenters. The number of hydrogen-bond donors (Lipinski definition) is 2. The molecule has 5 rings (SSSR count). The van der Waals surface area contributed by atoms with Crippen molar-refractivity contribution in [3.8, 4) is 34.3 Å². The fourth-order valence-corrected chi connectivity index (χ4v) is 4.98. The van der Waals surface area contributed by atoms with Crippen molar-refractivity contribution in [1.82, 2.24) is 4.90 Å². The summed E-state index contributed by atoms with van der Waals surface area (Å²) in [7, 11) is 3.03. The number of fused-ring (bicyclic) bond motifs is 1. The summed E-state index contributed by atoms with van der Waals surface area (Å²) >= 11 is 0. The minimum absolute atomic E-state index is 0.00779. The third kappa shape index (κ3) is 5.13. The van der Waals surface area contributed by atoms with Crippen LogP contribution >= 0.6 is 0 Å². The van der Waals surface area contributed by atoms with Crippen molar-refractivity contribution in [2.24, 2.45) is 0 Å². The summed E-state index contributed by atoms with van der Waals surface area (Å²) < 4.78 is 22.5. The Morgan fingerprint density at radius 3 is 2.36 bits per heavy atom. The minimum Gasteiger partial charge on any atom is -0.507 e.